The third kappa shape index (κ3) is 6.87. The predicted octanol–water partition coefficient (Wildman–Crippen LogP) is 3.21. The van der Waals surface area contributed by atoms with Crippen molar-refractivity contribution in [2.75, 3.05) is 12.4 Å². The van der Waals surface area contributed by atoms with Gasteiger partial charge in [0.15, 0.2) is 5.76 Å². The first-order chi connectivity index (χ1) is 22.5. The zero-order valence-corrected chi connectivity index (χ0v) is 26.5. The van der Waals surface area contributed by atoms with Crippen molar-refractivity contribution in [2.45, 2.75) is 76.1 Å². The van der Waals surface area contributed by atoms with Crippen molar-refractivity contribution in [1.82, 2.24) is 15.2 Å². The van der Waals surface area contributed by atoms with E-state index in [9.17, 15) is 29.1 Å². The van der Waals surface area contributed by atoms with Crippen LogP contribution in [0.4, 0.5) is 5.69 Å². The minimum absolute atomic E-state index is 0.0223. The normalized spacial score (nSPS) is 25.1. The average molecular weight is 645 g/mol. The standard InChI is InChI=1S/C35H40N4O8/c1-20-24-8-3-5-11-27(24)47-31(20)33(43)36-25(9-4-6-12-29(41)46-2)32(42)37-26-10-7-13-39(34(26)44)19-28(40)38-30-22-14-21-15-23(30)18-35(45,16-21)17-22/h3,5-8,10-13,21-23,25,30,45H,4,9,14-19H2,1-2H3,(H,36,43)(H,37,42)(H,38,40)/b12-6+/t21?,22?,23?,25-,30?,35?/m0/s1. The summed E-state index contributed by atoms with van der Waals surface area (Å²) in [6, 6.07) is 9.09. The summed E-state index contributed by atoms with van der Waals surface area (Å²) in [5.74, 6) is -1.07. The number of furan rings is 1. The number of carbonyl (C=O) groups is 4. The molecule has 0 radical (unpaired) electrons. The van der Waals surface area contributed by atoms with Crippen molar-refractivity contribution in [3.05, 3.63) is 76.4 Å². The largest absolute Gasteiger partial charge is 0.466 e. The minimum Gasteiger partial charge on any atom is -0.466 e. The number of esters is 1. The van der Waals surface area contributed by atoms with Gasteiger partial charge in [-0.1, -0.05) is 24.3 Å². The third-order valence-electron chi connectivity index (χ3n) is 9.91. The average Bonchev–Trinajstić information content (AvgIpc) is 3.37. The number of methoxy groups -OCH3 is 1. The molecule has 4 bridgehead atoms. The molecule has 4 fully saturated rings. The van der Waals surface area contributed by atoms with Gasteiger partial charge in [0.05, 0.1) is 12.7 Å². The third-order valence-corrected chi connectivity index (χ3v) is 9.91. The van der Waals surface area contributed by atoms with E-state index in [1.54, 1.807) is 25.1 Å². The molecule has 2 heterocycles. The van der Waals surface area contributed by atoms with Gasteiger partial charge in [-0.15, -0.1) is 0 Å². The molecule has 0 saturated heterocycles. The summed E-state index contributed by atoms with van der Waals surface area (Å²) in [6.45, 7) is 1.53. The number of rotatable bonds is 11. The maximum atomic E-state index is 13.5. The lowest BCUT2D eigenvalue weighted by atomic mass is 9.52. The number of hydrogen-bond donors (Lipinski definition) is 4. The molecule has 12 heteroatoms. The van der Waals surface area contributed by atoms with Crippen LogP contribution in [0.2, 0.25) is 0 Å². The summed E-state index contributed by atoms with van der Waals surface area (Å²) in [4.78, 5) is 64.8. The van der Waals surface area contributed by atoms with Crippen LogP contribution >= 0.6 is 0 Å². The first kappa shape index (κ1) is 32.2. The van der Waals surface area contributed by atoms with Crippen LogP contribution in [-0.2, 0) is 25.7 Å². The molecule has 47 heavy (non-hydrogen) atoms. The summed E-state index contributed by atoms with van der Waals surface area (Å²) in [5, 5.41) is 20.1. The number of pyridine rings is 1. The van der Waals surface area contributed by atoms with E-state index in [2.05, 4.69) is 20.7 Å². The van der Waals surface area contributed by atoms with Crippen molar-refractivity contribution < 1.29 is 33.4 Å². The number of benzene rings is 1. The Kier molecular flexibility index (Phi) is 9.05. The zero-order valence-electron chi connectivity index (χ0n) is 26.5. The van der Waals surface area contributed by atoms with Gasteiger partial charge in [0, 0.05) is 29.3 Å². The summed E-state index contributed by atoms with van der Waals surface area (Å²) in [7, 11) is 1.25. The van der Waals surface area contributed by atoms with E-state index in [0.29, 0.717) is 29.9 Å². The van der Waals surface area contributed by atoms with Gasteiger partial charge in [0.1, 0.15) is 23.9 Å². The van der Waals surface area contributed by atoms with Gasteiger partial charge in [-0.05, 0) is 87.8 Å². The van der Waals surface area contributed by atoms with E-state index in [0.717, 1.165) is 24.6 Å². The Morgan fingerprint density at radius 1 is 1.11 bits per heavy atom. The maximum absolute atomic E-state index is 13.5. The van der Waals surface area contributed by atoms with Crippen molar-refractivity contribution in [3.63, 3.8) is 0 Å². The molecule has 4 saturated carbocycles. The fourth-order valence-electron chi connectivity index (χ4n) is 7.97. The van der Waals surface area contributed by atoms with Gasteiger partial charge >= 0.3 is 5.97 Å². The number of nitrogens with zero attached hydrogens (tertiary/aromatic N) is 1. The van der Waals surface area contributed by atoms with Crippen LogP contribution in [0.25, 0.3) is 11.0 Å². The van der Waals surface area contributed by atoms with E-state index < -0.39 is 35.0 Å². The van der Waals surface area contributed by atoms with Gasteiger partial charge in [-0.2, -0.15) is 0 Å². The number of amides is 3. The van der Waals surface area contributed by atoms with Crippen molar-refractivity contribution >= 4 is 40.3 Å². The SMILES string of the molecule is COC(=O)/C=C/CC[C@H](NC(=O)c1oc2ccccc2c1C)C(=O)Nc1cccn(CC(=O)NC2C3CC4CC2CC(O)(C4)C3)c1=O. The lowest BCUT2D eigenvalue weighted by molar-refractivity contribution is -0.146. The number of allylic oxidation sites excluding steroid dienone is 1. The predicted molar refractivity (Wildman–Crippen MR) is 172 cm³/mol. The smallest absolute Gasteiger partial charge is 0.330 e. The number of fused-ring (bicyclic) bond motifs is 1. The van der Waals surface area contributed by atoms with Gasteiger partial charge in [-0.25, -0.2) is 4.79 Å². The summed E-state index contributed by atoms with van der Waals surface area (Å²) in [6.07, 6.45) is 8.82. The fraction of sp³-hybridized carbons (Fsp3) is 0.457. The van der Waals surface area contributed by atoms with Crippen molar-refractivity contribution in [3.8, 4) is 0 Å². The zero-order chi connectivity index (χ0) is 33.3. The molecule has 3 aromatic rings. The molecule has 4 aliphatic carbocycles. The number of nitrogens with one attached hydrogen (secondary N) is 3. The van der Waals surface area contributed by atoms with E-state index in [1.165, 1.54) is 36.1 Å². The lowest BCUT2D eigenvalue weighted by Gasteiger charge is -2.58. The molecule has 248 valence electrons. The molecule has 4 N–H and O–H groups in total. The highest BCUT2D eigenvalue weighted by molar-refractivity contribution is 6.03. The highest BCUT2D eigenvalue weighted by Crippen LogP contribution is 2.55. The van der Waals surface area contributed by atoms with Crippen LogP contribution in [0.5, 0.6) is 0 Å². The molecule has 3 atom stereocenters. The second kappa shape index (κ2) is 13.2. The van der Waals surface area contributed by atoms with Gasteiger partial charge < -0.3 is 34.8 Å². The molecular weight excluding hydrogens is 604 g/mol. The molecule has 2 unspecified atom stereocenters. The molecule has 1 aromatic carbocycles. The number of anilines is 1. The number of hydrogen-bond acceptors (Lipinski definition) is 8. The van der Waals surface area contributed by atoms with Gasteiger partial charge in [-0.3, -0.25) is 19.2 Å². The molecule has 7 rings (SSSR count). The molecular formula is C35H40N4O8. The van der Waals surface area contributed by atoms with Gasteiger partial charge in [0.25, 0.3) is 11.5 Å². The highest BCUT2D eigenvalue weighted by Gasteiger charge is 2.55. The quantitative estimate of drug-likeness (QED) is 0.182. The molecule has 3 amide bonds. The topological polar surface area (TPSA) is 169 Å². The first-order valence-corrected chi connectivity index (χ1v) is 16.1. The Morgan fingerprint density at radius 3 is 2.55 bits per heavy atom. The number of para-hydroxylation sites is 1. The second-order valence-electron chi connectivity index (χ2n) is 13.2. The molecule has 2 aromatic heterocycles. The van der Waals surface area contributed by atoms with Gasteiger partial charge in [0.2, 0.25) is 11.8 Å². The van der Waals surface area contributed by atoms with E-state index >= 15 is 0 Å². The first-order valence-electron chi connectivity index (χ1n) is 16.1. The number of carbonyl (C=O) groups excluding carboxylic acids is 4. The lowest BCUT2D eigenvalue weighted by Crippen LogP contribution is -2.61. The van der Waals surface area contributed by atoms with Crippen LogP contribution in [0.3, 0.4) is 0 Å². The molecule has 0 aliphatic heterocycles. The second-order valence-corrected chi connectivity index (χ2v) is 13.2. The number of ether oxygens (including phenoxy) is 1. The Morgan fingerprint density at radius 2 is 1.85 bits per heavy atom. The molecule has 12 nitrogen and oxygen atoms in total. The number of aromatic nitrogens is 1. The number of aliphatic hydroxyl groups is 1. The summed E-state index contributed by atoms with van der Waals surface area (Å²) in [5.41, 5.74) is -0.0741. The van der Waals surface area contributed by atoms with Crippen LogP contribution in [0.15, 0.2) is 64.0 Å². The maximum Gasteiger partial charge on any atom is 0.330 e. The Balaban J connectivity index is 1.13. The minimum atomic E-state index is -1.10. The van der Waals surface area contributed by atoms with E-state index in [-0.39, 0.29) is 54.6 Å². The van der Waals surface area contributed by atoms with E-state index in [4.69, 9.17) is 4.42 Å². The van der Waals surface area contributed by atoms with Crippen LogP contribution in [0.1, 0.15) is 61.1 Å². The fourth-order valence-corrected chi connectivity index (χ4v) is 7.97. The molecule has 0 spiro atoms. The number of aryl methyl sites for hydroxylation is 1. The van der Waals surface area contributed by atoms with Crippen LogP contribution < -0.4 is 21.5 Å². The highest BCUT2D eigenvalue weighted by atomic mass is 16.5. The van der Waals surface area contributed by atoms with Crippen LogP contribution in [-0.4, -0.2) is 58.2 Å². The Bertz CT molecular complexity index is 1780. The van der Waals surface area contributed by atoms with Crippen LogP contribution in [0, 0.1) is 24.7 Å². The Hall–Kier alpha value is -4.71. The summed E-state index contributed by atoms with van der Waals surface area (Å²) >= 11 is 0. The molecule has 4 aliphatic rings. The summed E-state index contributed by atoms with van der Waals surface area (Å²) < 4.78 is 11.6. The monoisotopic (exact) mass is 644 g/mol. The Labute approximate surface area is 271 Å². The van der Waals surface area contributed by atoms with Crippen molar-refractivity contribution in [2.24, 2.45) is 17.8 Å². The van der Waals surface area contributed by atoms with Crippen molar-refractivity contribution in [1.29, 1.82) is 0 Å². The van der Waals surface area contributed by atoms with E-state index in [1.807, 2.05) is 12.1 Å².